The van der Waals surface area contributed by atoms with Crippen molar-refractivity contribution in [1.29, 1.82) is 0 Å². The summed E-state index contributed by atoms with van der Waals surface area (Å²) in [4.78, 5) is 4.15. The van der Waals surface area contributed by atoms with Gasteiger partial charge in [-0.1, -0.05) is 26.0 Å². The molecule has 0 unspecified atom stereocenters. The highest BCUT2D eigenvalue weighted by Crippen LogP contribution is 2.26. The molecule has 1 aliphatic heterocycles. The molecular weight excluding hydrogens is 174 g/mol. The molecule has 2 rings (SSSR count). The zero-order valence-corrected chi connectivity index (χ0v) is 8.78. The Bertz CT molecular complexity index is 384. The molecule has 0 spiro atoms. The lowest BCUT2D eigenvalue weighted by Gasteiger charge is -1.89. The van der Waals surface area contributed by atoms with Crippen LogP contribution in [-0.4, -0.2) is 10.1 Å². The van der Waals surface area contributed by atoms with Crippen LogP contribution >= 0.6 is 0 Å². The van der Waals surface area contributed by atoms with Crippen LogP contribution in [0, 0.1) is 6.92 Å². The maximum atomic E-state index is 9.27. The topological polar surface area (TPSA) is 33.1 Å². The number of aromatic nitrogens is 1. The van der Waals surface area contributed by atoms with Crippen molar-refractivity contribution >= 4 is 0 Å². The number of aryl methyl sites for hydroxylation is 1. The molecule has 74 valence electrons. The molecule has 0 saturated carbocycles. The Labute approximate surface area is 84.6 Å². The van der Waals surface area contributed by atoms with Crippen molar-refractivity contribution in [2.45, 2.75) is 20.8 Å². The number of aromatic hydroxyl groups is 1. The molecule has 1 heterocycles. The van der Waals surface area contributed by atoms with Gasteiger partial charge in [0.05, 0.1) is 0 Å². The van der Waals surface area contributed by atoms with Gasteiger partial charge in [-0.3, -0.25) is 4.98 Å². The Morgan fingerprint density at radius 2 is 1.93 bits per heavy atom. The molecule has 2 heteroatoms. The van der Waals surface area contributed by atoms with Gasteiger partial charge in [0.2, 0.25) is 0 Å². The van der Waals surface area contributed by atoms with Gasteiger partial charge >= 0.3 is 0 Å². The molecule has 1 aliphatic carbocycles. The molecule has 0 atom stereocenters. The van der Waals surface area contributed by atoms with Gasteiger partial charge in [-0.2, -0.15) is 0 Å². The van der Waals surface area contributed by atoms with Crippen molar-refractivity contribution in [1.82, 2.24) is 4.98 Å². The molecule has 0 radical (unpaired) electrons. The largest absolute Gasteiger partial charge is 0.508 e. The van der Waals surface area contributed by atoms with Crippen LogP contribution in [-0.2, 0) is 0 Å². The van der Waals surface area contributed by atoms with Gasteiger partial charge in [0, 0.05) is 23.0 Å². The highest BCUT2D eigenvalue weighted by atomic mass is 16.3. The number of hydrogen-bond donors (Lipinski definition) is 1. The van der Waals surface area contributed by atoms with E-state index in [1.54, 1.807) is 18.3 Å². The summed E-state index contributed by atoms with van der Waals surface area (Å²) in [5.74, 6) is 0.275. The van der Waals surface area contributed by atoms with Crippen LogP contribution in [0.4, 0.5) is 0 Å². The average molecular weight is 189 g/mol. The molecule has 0 saturated heterocycles. The van der Waals surface area contributed by atoms with Crippen LogP contribution in [0.3, 0.4) is 0 Å². The van der Waals surface area contributed by atoms with Crippen LogP contribution < -0.4 is 0 Å². The van der Waals surface area contributed by atoms with Gasteiger partial charge in [-0.05, 0) is 19.1 Å². The smallest absolute Gasteiger partial charge is 0.116 e. The molecule has 0 fully saturated rings. The highest BCUT2D eigenvalue weighted by Gasteiger charge is 2.05. The Morgan fingerprint density at radius 3 is 2.64 bits per heavy atom. The quantitative estimate of drug-likeness (QED) is 0.690. The zero-order chi connectivity index (χ0) is 10.6. The summed E-state index contributed by atoms with van der Waals surface area (Å²) in [5, 5.41) is 9.27. The maximum Gasteiger partial charge on any atom is 0.116 e. The molecule has 0 aromatic rings. The molecular formula is C12H15NO. The summed E-state index contributed by atoms with van der Waals surface area (Å²) in [7, 11) is 0. The minimum absolute atomic E-state index is 0.275. The summed E-state index contributed by atoms with van der Waals surface area (Å²) < 4.78 is 0. The maximum absolute atomic E-state index is 9.27. The predicted octanol–water partition coefficient (Wildman–Crippen LogP) is 3.23. The summed E-state index contributed by atoms with van der Waals surface area (Å²) in [6.45, 7) is 5.96. The fourth-order valence-corrected chi connectivity index (χ4v) is 1.30. The predicted molar refractivity (Wildman–Crippen MR) is 58.6 cm³/mol. The van der Waals surface area contributed by atoms with Crippen molar-refractivity contribution in [3.05, 3.63) is 36.2 Å². The van der Waals surface area contributed by atoms with Gasteiger partial charge in [0.25, 0.3) is 0 Å². The van der Waals surface area contributed by atoms with E-state index in [0.717, 1.165) is 16.8 Å². The summed E-state index contributed by atoms with van der Waals surface area (Å²) in [5.41, 5.74) is 3.07. The van der Waals surface area contributed by atoms with Crippen LogP contribution in [0.1, 0.15) is 19.5 Å². The molecule has 2 aliphatic rings. The average Bonchev–Trinajstić information content (AvgIpc) is 2.44. The number of fused-ring (bicyclic) bond motifs is 1. The first kappa shape index (κ1) is 10.5. The second-order valence-electron chi connectivity index (χ2n) is 2.81. The number of rotatable bonds is 0. The van der Waals surface area contributed by atoms with E-state index >= 15 is 0 Å². The summed E-state index contributed by atoms with van der Waals surface area (Å²) in [6, 6.07) is 7.17. The van der Waals surface area contributed by atoms with Crippen molar-refractivity contribution in [2.24, 2.45) is 0 Å². The van der Waals surface area contributed by atoms with Crippen molar-refractivity contribution in [2.75, 3.05) is 0 Å². The van der Waals surface area contributed by atoms with E-state index in [1.165, 1.54) is 0 Å². The number of nitrogens with zero attached hydrogens (tertiary/aromatic N) is 1. The Balaban J connectivity index is 0.000000461. The third kappa shape index (κ3) is 2.02. The van der Waals surface area contributed by atoms with Crippen LogP contribution in [0.5, 0.6) is 5.75 Å². The molecule has 0 amide bonds. The lowest BCUT2D eigenvalue weighted by Crippen LogP contribution is -1.69. The van der Waals surface area contributed by atoms with E-state index < -0.39 is 0 Å². The van der Waals surface area contributed by atoms with E-state index in [9.17, 15) is 5.11 Å². The monoisotopic (exact) mass is 189 g/mol. The molecule has 0 bridgehead atoms. The molecule has 2 nitrogen and oxygen atoms in total. The second kappa shape index (κ2) is 4.61. The van der Waals surface area contributed by atoms with E-state index in [4.69, 9.17) is 0 Å². The van der Waals surface area contributed by atoms with Gasteiger partial charge in [-0.15, -0.1) is 0 Å². The van der Waals surface area contributed by atoms with E-state index in [2.05, 4.69) is 4.98 Å². The van der Waals surface area contributed by atoms with E-state index in [0.29, 0.717) is 0 Å². The fraction of sp³-hybridized carbons (Fsp3) is 0.250. The molecule has 0 aromatic heterocycles. The Morgan fingerprint density at radius 1 is 1.21 bits per heavy atom. The lowest BCUT2D eigenvalue weighted by atomic mass is 10.1. The summed E-state index contributed by atoms with van der Waals surface area (Å²) in [6.07, 6.45) is 1.77. The molecule has 1 N–H and O–H groups in total. The first-order valence-electron chi connectivity index (χ1n) is 4.82. The van der Waals surface area contributed by atoms with Crippen molar-refractivity contribution in [3.63, 3.8) is 0 Å². The van der Waals surface area contributed by atoms with E-state index in [-0.39, 0.29) is 5.75 Å². The van der Waals surface area contributed by atoms with Crippen LogP contribution in [0.25, 0.3) is 11.1 Å². The van der Waals surface area contributed by atoms with Gasteiger partial charge < -0.3 is 5.11 Å². The first-order valence-corrected chi connectivity index (χ1v) is 4.82. The normalized spacial score (nSPS) is 9.36. The van der Waals surface area contributed by atoms with Crippen LogP contribution in [0.15, 0.2) is 30.5 Å². The van der Waals surface area contributed by atoms with Gasteiger partial charge in [-0.25, -0.2) is 0 Å². The minimum Gasteiger partial charge on any atom is -0.508 e. The third-order valence-electron chi connectivity index (χ3n) is 1.93. The Kier molecular flexibility index (Phi) is 3.46. The standard InChI is InChI=1S/C10H9NO.C2H6/c1-7-10-4-2-3-9(12)5-8(10)6-11-7;1-2/h2-6,12H,1H3;1-2H3. The zero-order valence-electron chi connectivity index (χ0n) is 8.78. The summed E-state index contributed by atoms with van der Waals surface area (Å²) >= 11 is 0. The minimum atomic E-state index is 0.275. The van der Waals surface area contributed by atoms with Gasteiger partial charge in [0.15, 0.2) is 0 Å². The molecule has 0 aromatic carbocycles. The second-order valence-corrected chi connectivity index (χ2v) is 2.81. The van der Waals surface area contributed by atoms with Crippen LogP contribution in [0.2, 0.25) is 0 Å². The Hall–Kier alpha value is -1.57. The van der Waals surface area contributed by atoms with Gasteiger partial charge in [0.1, 0.15) is 5.75 Å². The first-order chi connectivity index (χ1) is 6.77. The van der Waals surface area contributed by atoms with E-state index in [1.807, 2.05) is 32.9 Å². The number of hydrogen-bond acceptors (Lipinski definition) is 2. The lowest BCUT2D eigenvalue weighted by molar-refractivity contribution is 0.476. The highest BCUT2D eigenvalue weighted by molar-refractivity contribution is 5.68. The molecule has 14 heavy (non-hydrogen) atoms. The van der Waals surface area contributed by atoms with Crippen molar-refractivity contribution < 1.29 is 5.11 Å². The van der Waals surface area contributed by atoms with Crippen molar-refractivity contribution in [3.8, 4) is 16.9 Å². The third-order valence-corrected chi connectivity index (χ3v) is 1.93. The SMILES string of the molecule is CC.Cc1ncc2cc(O)cccc1-2. The fourth-order valence-electron chi connectivity index (χ4n) is 1.30.